The predicted molar refractivity (Wildman–Crippen MR) is 116 cm³/mol. The SMILES string of the molecule is CCOC(=O)c1cc(NC(=S)NC[C@@H](CC)Cc2ccccc2)ccc1Cl. The summed E-state index contributed by atoms with van der Waals surface area (Å²) in [6.07, 6.45) is 2.05. The van der Waals surface area contributed by atoms with E-state index < -0.39 is 5.97 Å². The number of esters is 1. The van der Waals surface area contributed by atoms with Crippen LogP contribution in [0.5, 0.6) is 0 Å². The van der Waals surface area contributed by atoms with E-state index >= 15 is 0 Å². The fourth-order valence-electron chi connectivity index (χ4n) is 2.69. The molecule has 0 spiro atoms. The molecule has 0 heterocycles. The molecule has 0 saturated carbocycles. The molecule has 0 aromatic heterocycles. The van der Waals surface area contributed by atoms with Crippen molar-refractivity contribution in [2.75, 3.05) is 18.5 Å². The number of thiocarbonyl (C=S) groups is 1. The maximum absolute atomic E-state index is 11.9. The summed E-state index contributed by atoms with van der Waals surface area (Å²) in [6, 6.07) is 15.5. The van der Waals surface area contributed by atoms with Crippen LogP contribution in [0.15, 0.2) is 48.5 Å². The standard InChI is InChI=1S/C21H25ClN2O2S/c1-3-15(12-16-8-6-5-7-9-16)14-23-21(27)24-17-10-11-19(22)18(13-17)20(25)26-4-2/h5-11,13,15H,3-4,12,14H2,1-2H3,(H2,23,24,27)/t15-/m0/s1. The quantitative estimate of drug-likeness (QED) is 0.475. The van der Waals surface area contributed by atoms with Gasteiger partial charge in [-0.1, -0.05) is 55.3 Å². The molecule has 2 rings (SSSR count). The lowest BCUT2D eigenvalue weighted by Crippen LogP contribution is -2.33. The lowest BCUT2D eigenvalue weighted by molar-refractivity contribution is 0.0526. The van der Waals surface area contributed by atoms with E-state index in [9.17, 15) is 4.79 Å². The van der Waals surface area contributed by atoms with Gasteiger partial charge in [0.2, 0.25) is 0 Å². The number of hydrogen-bond acceptors (Lipinski definition) is 3. The van der Waals surface area contributed by atoms with E-state index in [4.69, 9.17) is 28.6 Å². The smallest absolute Gasteiger partial charge is 0.339 e. The molecule has 0 bridgehead atoms. The van der Waals surface area contributed by atoms with E-state index in [1.165, 1.54) is 5.56 Å². The third-order valence-corrected chi connectivity index (χ3v) is 4.79. The number of rotatable bonds is 8. The summed E-state index contributed by atoms with van der Waals surface area (Å²) in [5.74, 6) is 0.0337. The first-order valence-corrected chi connectivity index (χ1v) is 9.87. The van der Waals surface area contributed by atoms with Crippen molar-refractivity contribution in [1.29, 1.82) is 0 Å². The first-order valence-electron chi connectivity index (χ1n) is 9.08. The third kappa shape index (κ3) is 6.85. The number of benzene rings is 2. The number of nitrogens with one attached hydrogen (secondary N) is 2. The number of halogens is 1. The summed E-state index contributed by atoms with van der Waals surface area (Å²) in [4.78, 5) is 11.9. The largest absolute Gasteiger partial charge is 0.462 e. The van der Waals surface area contributed by atoms with Gasteiger partial charge in [-0.25, -0.2) is 4.79 Å². The minimum Gasteiger partial charge on any atom is -0.462 e. The van der Waals surface area contributed by atoms with Crippen LogP contribution in [0.4, 0.5) is 5.69 Å². The summed E-state index contributed by atoms with van der Waals surface area (Å²) in [6.45, 7) is 5.01. The van der Waals surface area contributed by atoms with Gasteiger partial charge in [0.05, 0.1) is 17.2 Å². The van der Waals surface area contributed by atoms with Gasteiger partial charge in [0, 0.05) is 12.2 Å². The Kier molecular flexibility index (Phi) is 8.55. The second kappa shape index (κ2) is 10.9. The van der Waals surface area contributed by atoms with E-state index in [0.717, 1.165) is 19.4 Å². The first-order chi connectivity index (χ1) is 13.0. The summed E-state index contributed by atoms with van der Waals surface area (Å²) < 4.78 is 5.02. The van der Waals surface area contributed by atoms with Crippen LogP contribution in [0.1, 0.15) is 36.2 Å². The minimum absolute atomic E-state index is 0.298. The highest BCUT2D eigenvalue weighted by Gasteiger charge is 2.13. The van der Waals surface area contributed by atoms with Crippen molar-refractivity contribution >= 4 is 40.6 Å². The second-order valence-electron chi connectivity index (χ2n) is 6.21. The minimum atomic E-state index is -0.445. The molecule has 0 saturated heterocycles. The van der Waals surface area contributed by atoms with Gasteiger partial charge in [-0.15, -0.1) is 0 Å². The normalized spacial score (nSPS) is 11.5. The van der Waals surface area contributed by atoms with Gasteiger partial charge >= 0.3 is 5.97 Å². The van der Waals surface area contributed by atoms with Crippen molar-refractivity contribution in [1.82, 2.24) is 5.32 Å². The third-order valence-electron chi connectivity index (χ3n) is 4.22. The molecule has 0 fully saturated rings. The molecule has 2 aromatic carbocycles. The Morgan fingerprint density at radius 2 is 1.93 bits per heavy atom. The molecule has 6 heteroatoms. The predicted octanol–water partition coefficient (Wildman–Crippen LogP) is 5.07. The van der Waals surface area contributed by atoms with Crippen LogP contribution in [0.2, 0.25) is 5.02 Å². The van der Waals surface area contributed by atoms with E-state index in [1.54, 1.807) is 25.1 Å². The van der Waals surface area contributed by atoms with Crippen molar-refractivity contribution in [3.05, 3.63) is 64.7 Å². The van der Waals surface area contributed by atoms with Gasteiger partial charge in [-0.3, -0.25) is 0 Å². The van der Waals surface area contributed by atoms with E-state index in [-0.39, 0.29) is 0 Å². The van der Waals surface area contributed by atoms with E-state index in [0.29, 0.717) is 33.9 Å². The molecular weight excluding hydrogens is 380 g/mol. The summed E-state index contributed by atoms with van der Waals surface area (Å²) in [5, 5.41) is 7.23. The molecule has 2 N–H and O–H groups in total. The first kappa shape index (κ1) is 21.2. The zero-order chi connectivity index (χ0) is 19.6. The Morgan fingerprint density at radius 3 is 2.59 bits per heavy atom. The van der Waals surface area contributed by atoms with E-state index in [2.05, 4.69) is 41.8 Å². The Balaban J connectivity index is 1.91. The molecule has 2 aromatic rings. The highest BCUT2D eigenvalue weighted by atomic mass is 35.5. The van der Waals surface area contributed by atoms with Gasteiger partial charge in [-0.2, -0.15) is 0 Å². The summed E-state index contributed by atoms with van der Waals surface area (Å²) >= 11 is 11.5. The summed E-state index contributed by atoms with van der Waals surface area (Å²) in [5.41, 5.74) is 2.33. The Labute approximate surface area is 171 Å². The van der Waals surface area contributed by atoms with Gasteiger partial charge < -0.3 is 15.4 Å². The maximum Gasteiger partial charge on any atom is 0.339 e. The number of carbonyl (C=O) groups excluding carboxylic acids is 1. The van der Waals surface area contributed by atoms with E-state index in [1.807, 2.05) is 6.07 Å². The highest BCUT2D eigenvalue weighted by Crippen LogP contribution is 2.21. The molecule has 1 atom stereocenters. The lowest BCUT2D eigenvalue weighted by Gasteiger charge is -2.18. The molecule has 0 unspecified atom stereocenters. The van der Waals surface area contributed by atoms with Gasteiger partial charge in [-0.05, 0) is 55.2 Å². The van der Waals surface area contributed by atoms with Gasteiger partial charge in [0.15, 0.2) is 5.11 Å². The van der Waals surface area contributed by atoms with Gasteiger partial charge in [0.1, 0.15) is 0 Å². The average Bonchev–Trinajstić information content (AvgIpc) is 2.67. The number of anilines is 1. The molecule has 4 nitrogen and oxygen atoms in total. The van der Waals surface area contributed by atoms with Crippen LogP contribution in [-0.4, -0.2) is 24.2 Å². The maximum atomic E-state index is 11.9. The van der Waals surface area contributed by atoms with Crippen LogP contribution < -0.4 is 10.6 Å². The number of ether oxygens (including phenoxy) is 1. The van der Waals surface area contributed by atoms with Crippen molar-refractivity contribution < 1.29 is 9.53 Å². The Morgan fingerprint density at radius 1 is 1.19 bits per heavy atom. The molecule has 144 valence electrons. The Bertz CT molecular complexity index is 768. The van der Waals surface area contributed by atoms with Crippen molar-refractivity contribution in [3.8, 4) is 0 Å². The van der Waals surface area contributed by atoms with Crippen LogP contribution >= 0.6 is 23.8 Å². The fraction of sp³-hybridized carbons (Fsp3) is 0.333. The number of hydrogen-bond donors (Lipinski definition) is 2. The highest BCUT2D eigenvalue weighted by molar-refractivity contribution is 7.80. The second-order valence-corrected chi connectivity index (χ2v) is 7.03. The van der Waals surface area contributed by atoms with Crippen LogP contribution in [0.3, 0.4) is 0 Å². The zero-order valence-electron chi connectivity index (χ0n) is 15.6. The topological polar surface area (TPSA) is 50.4 Å². The molecule has 0 aliphatic rings. The van der Waals surface area contributed by atoms with Crippen LogP contribution in [0, 0.1) is 5.92 Å². The monoisotopic (exact) mass is 404 g/mol. The molecule has 0 aliphatic heterocycles. The van der Waals surface area contributed by atoms with Crippen molar-refractivity contribution in [2.45, 2.75) is 26.7 Å². The molecule has 0 aliphatic carbocycles. The Hall–Kier alpha value is -2.11. The lowest BCUT2D eigenvalue weighted by atomic mass is 9.97. The molecular formula is C21H25ClN2O2S. The van der Waals surface area contributed by atoms with Crippen LogP contribution in [0.25, 0.3) is 0 Å². The number of carbonyl (C=O) groups is 1. The molecule has 0 radical (unpaired) electrons. The van der Waals surface area contributed by atoms with Crippen molar-refractivity contribution in [2.24, 2.45) is 5.92 Å². The van der Waals surface area contributed by atoms with Crippen molar-refractivity contribution in [3.63, 3.8) is 0 Å². The van der Waals surface area contributed by atoms with Gasteiger partial charge in [0.25, 0.3) is 0 Å². The molecule has 0 amide bonds. The zero-order valence-corrected chi connectivity index (χ0v) is 17.2. The summed E-state index contributed by atoms with van der Waals surface area (Å²) in [7, 11) is 0. The average molecular weight is 405 g/mol. The van der Waals surface area contributed by atoms with Crippen LogP contribution in [-0.2, 0) is 11.2 Å². The fourth-order valence-corrected chi connectivity index (χ4v) is 3.08. The molecule has 27 heavy (non-hydrogen) atoms.